The summed E-state index contributed by atoms with van der Waals surface area (Å²) >= 11 is 2.08. The molecule has 24 heavy (non-hydrogen) atoms. The van der Waals surface area contributed by atoms with Crippen molar-refractivity contribution in [2.45, 2.75) is 51.7 Å². The zero-order valence-electron chi connectivity index (χ0n) is 16.0. The Morgan fingerprint density at radius 3 is 2.50 bits per heavy atom. The Hall–Kier alpha value is 0.310. The van der Waals surface area contributed by atoms with Gasteiger partial charge in [-0.2, -0.15) is 11.8 Å². The molecular weight excluding hydrogens is 431 g/mol. The quantitative estimate of drug-likeness (QED) is 0.380. The van der Waals surface area contributed by atoms with E-state index >= 15 is 0 Å². The molecule has 0 saturated carbocycles. The molecule has 0 aromatic carbocycles. The van der Waals surface area contributed by atoms with Crippen molar-refractivity contribution in [3.8, 4) is 0 Å². The van der Waals surface area contributed by atoms with E-state index in [9.17, 15) is 0 Å². The molecule has 2 heterocycles. The lowest BCUT2D eigenvalue weighted by Crippen LogP contribution is -2.51. The summed E-state index contributed by atoms with van der Waals surface area (Å²) in [4.78, 5) is 10.1. The highest BCUT2D eigenvalue weighted by atomic mass is 127. The first-order valence-corrected chi connectivity index (χ1v) is 10.4. The number of likely N-dealkylation sites (tertiary alicyclic amines) is 1. The van der Waals surface area contributed by atoms with Gasteiger partial charge in [-0.1, -0.05) is 6.92 Å². The fraction of sp³-hybridized carbons (Fsp3) is 0.944. The number of piperidine rings is 1. The summed E-state index contributed by atoms with van der Waals surface area (Å²) in [6, 6.07) is 0. The van der Waals surface area contributed by atoms with Gasteiger partial charge < -0.3 is 15.1 Å². The number of guanidine groups is 1. The second-order valence-electron chi connectivity index (χ2n) is 7.51. The van der Waals surface area contributed by atoms with Gasteiger partial charge in [-0.15, -0.1) is 24.0 Å². The largest absolute Gasteiger partial charge is 0.357 e. The van der Waals surface area contributed by atoms with Gasteiger partial charge in [-0.3, -0.25) is 4.99 Å². The van der Waals surface area contributed by atoms with Gasteiger partial charge >= 0.3 is 0 Å². The molecule has 142 valence electrons. The molecule has 0 spiro atoms. The van der Waals surface area contributed by atoms with Crippen LogP contribution in [0.1, 0.15) is 47.0 Å². The molecule has 0 bridgehead atoms. The molecule has 6 heteroatoms. The van der Waals surface area contributed by atoms with Crippen LogP contribution in [0.5, 0.6) is 0 Å². The van der Waals surface area contributed by atoms with E-state index in [2.05, 4.69) is 54.6 Å². The molecule has 1 N–H and O–H groups in total. The maximum absolute atomic E-state index is 5.00. The number of nitrogens with zero attached hydrogens (tertiary/aromatic N) is 3. The van der Waals surface area contributed by atoms with Crippen molar-refractivity contribution in [3.05, 3.63) is 0 Å². The fourth-order valence-electron chi connectivity index (χ4n) is 3.55. The van der Waals surface area contributed by atoms with Crippen LogP contribution in [0.4, 0.5) is 0 Å². The lowest BCUT2D eigenvalue weighted by Gasteiger charge is -2.39. The van der Waals surface area contributed by atoms with E-state index in [1.54, 1.807) is 0 Å². The Morgan fingerprint density at radius 1 is 1.21 bits per heavy atom. The first-order valence-electron chi connectivity index (χ1n) is 9.43. The van der Waals surface area contributed by atoms with E-state index in [0.29, 0.717) is 4.75 Å². The number of nitrogens with one attached hydrogen (secondary N) is 1. The smallest absolute Gasteiger partial charge is 0.193 e. The van der Waals surface area contributed by atoms with E-state index in [0.717, 1.165) is 38.1 Å². The molecule has 0 aromatic rings. The van der Waals surface area contributed by atoms with E-state index in [1.807, 2.05) is 0 Å². The first kappa shape index (κ1) is 22.4. The molecular formula is C18H37IN4S. The second kappa shape index (κ2) is 11.1. The summed E-state index contributed by atoms with van der Waals surface area (Å²) in [5.74, 6) is 3.10. The topological polar surface area (TPSA) is 30.9 Å². The molecule has 2 aliphatic rings. The van der Waals surface area contributed by atoms with E-state index in [-0.39, 0.29) is 24.0 Å². The van der Waals surface area contributed by atoms with Crippen LogP contribution < -0.4 is 5.32 Å². The minimum Gasteiger partial charge on any atom is -0.357 e. The zero-order valence-corrected chi connectivity index (χ0v) is 19.2. The summed E-state index contributed by atoms with van der Waals surface area (Å²) in [5.41, 5.74) is 0. The number of hydrogen-bond acceptors (Lipinski definition) is 3. The highest BCUT2D eigenvalue weighted by Gasteiger charge is 2.29. The van der Waals surface area contributed by atoms with Gasteiger partial charge in [0, 0.05) is 36.7 Å². The average Bonchev–Trinajstić information content (AvgIpc) is 2.52. The Bertz CT molecular complexity index is 381. The second-order valence-corrected chi connectivity index (χ2v) is 9.31. The van der Waals surface area contributed by atoms with Gasteiger partial charge in [0.1, 0.15) is 0 Å². The first-order chi connectivity index (χ1) is 11.0. The third-order valence-corrected chi connectivity index (χ3v) is 6.10. The SMILES string of the molecule is CCCN1CCC(CN=C(NCC)N2CCSC(C)(C)C2)CC1.I. The normalized spacial score (nSPS) is 23.0. The maximum atomic E-state index is 5.00. The van der Waals surface area contributed by atoms with Crippen molar-refractivity contribution >= 4 is 41.7 Å². The van der Waals surface area contributed by atoms with Crippen molar-refractivity contribution in [1.29, 1.82) is 0 Å². The number of halogens is 1. The molecule has 0 aromatic heterocycles. The number of hydrogen-bond donors (Lipinski definition) is 1. The highest BCUT2D eigenvalue weighted by molar-refractivity contribution is 14.0. The molecule has 2 fully saturated rings. The molecule has 0 amide bonds. The fourth-order valence-corrected chi connectivity index (χ4v) is 4.66. The molecule has 2 saturated heterocycles. The lowest BCUT2D eigenvalue weighted by molar-refractivity contribution is 0.188. The lowest BCUT2D eigenvalue weighted by atomic mass is 9.97. The number of rotatable bonds is 5. The van der Waals surface area contributed by atoms with Crippen LogP contribution in [0.25, 0.3) is 0 Å². The summed E-state index contributed by atoms with van der Waals surface area (Å²) in [5, 5.41) is 3.52. The summed E-state index contributed by atoms with van der Waals surface area (Å²) in [7, 11) is 0. The van der Waals surface area contributed by atoms with Crippen molar-refractivity contribution in [1.82, 2.24) is 15.1 Å². The van der Waals surface area contributed by atoms with Crippen molar-refractivity contribution in [3.63, 3.8) is 0 Å². The van der Waals surface area contributed by atoms with Gasteiger partial charge in [-0.05, 0) is 65.6 Å². The van der Waals surface area contributed by atoms with Crippen molar-refractivity contribution in [2.24, 2.45) is 10.9 Å². The standard InChI is InChI=1S/C18H36N4S.HI/c1-5-9-21-10-7-16(8-11-21)14-20-17(19-6-2)22-12-13-23-18(3,4)15-22;/h16H,5-15H2,1-4H3,(H,19,20);1H. The summed E-state index contributed by atoms with van der Waals surface area (Å²) in [6.45, 7) is 17.1. The molecule has 0 radical (unpaired) electrons. The third-order valence-electron chi connectivity index (χ3n) is 4.81. The predicted molar refractivity (Wildman–Crippen MR) is 119 cm³/mol. The average molecular weight is 468 g/mol. The third kappa shape index (κ3) is 7.28. The van der Waals surface area contributed by atoms with E-state index < -0.39 is 0 Å². The van der Waals surface area contributed by atoms with Gasteiger partial charge in [0.05, 0.1) is 0 Å². The summed E-state index contributed by atoms with van der Waals surface area (Å²) in [6.07, 6.45) is 3.89. The van der Waals surface area contributed by atoms with Crippen LogP contribution in [0.15, 0.2) is 4.99 Å². The predicted octanol–water partition coefficient (Wildman–Crippen LogP) is 3.52. The Balaban J connectivity index is 0.00000288. The maximum Gasteiger partial charge on any atom is 0.193 e. The van der Waals surface area contributed by atoms with Crippen LogP contribution >= 0.6 is 35.7 Å². The van der Waals surface area contributed by atoms with Crippen LogP contribution in [-0.2, 0) is 0 Å². The molecule has 2 aliphatic heterocycles. The molecule has 4 nitrogen and oxygen atoms in total. The Labute approximate surface area is 170 Å². The van der Waals surface area contributed by atoms with Crippen LogP contribution in [0, 0.1) is 5.92 Å². The Kier molecular flexibility index (Phi) is 10.4. The molecule has 0 aliphatic carbocycles. The molecule has 2 rings (SSSR count). The number of thioether (sulfide) groups is 1. The van der Waals surface area contributed by atoms with Gasteiger partial charge in [0.15, 0.2) is 5.96 Å². The Morgan fingerprint density at radius 2 is 1.92 bits per heavy atom. The minimum absolute atomic E-state index is 0. The van der Waals surface area contributed by atoms with Crippen LogP contribution in [-0.4, -0.2) is 72.1 Å². The number of aliphatic imine (C=N–C) groups is 1. The molecule has 0 unspecified atom stereocenters. The van der Waals surface area contributed by atoms with Gasteiger partial charge in [0.2, 0.25) is 0 Å². The van der Waals surface area contributed by atoms with Crippen LogP contribution in [0.2, 0.25) is 0 Å². The van der Waals surface area contributed by atoms with E-state index in [4.69, 9.17) is 4.99 Å². The monoisotopic (exact) mass is 468 g/mol. The van der Waals surface area contributed by atoms with E-state index in [1.165, 1.54) is 44.6 Å². The van der Waals surface area contributed by atoms with Gasteiger partial charge in [0.25, 0.3) is 0 Å². The van der Waals surface area contributed by atoms with Gasteiger partial charge in [-0.25, -0.2) is 0 Å². The minimum atomic E-state index is 0. The van der Waals surface area contributed by atoms with Crippen molar-refractivity contribution in [2.75, 3.05) is 51.6 Å². The zero-order chi connectivity index (χ0) is 16.7. The summed E-state index contributed by atoms with van der Waals surface area (Å²) < 4.78 is 0.333. The highest BCUT2D eigenvalue weighted by Crippen LogP contribution is 2.29. The van der Waals surface area contributed by atoms with Crippen LogP contribution in [0.3, 0.4) is 0 Å². The molecule has 0 atom stereocenters. The van der Waals surface area contributed by atoms with Crippen molar-refractivity contribution < 1.29 is 0 Å².